The van der Waals surface area contributed by atoms with Crippen molar-refractivity contribution >= 4 is 153 Å². The van der Waals surface area contributed by atoms with Gasteiger partial charge >= 0.3 is 0 Å². The number of benzene rings is 18. The van der Waals surface area contributed by atoms with Crippen LogP contribution in [0.15, 0.2) is 389 Å². The van der Waals surface area contributed by atoms with E-state index in [2.05, 4.69) is 353 Å². The van der Waals surface area contributed by atoms with E-state index in [-0.39, 0.29) is 0 Å². The van der Waals surface area contributed by atoms with Crippen LogP contribution in [0, 0.1) is 0 Å². The van der Waals surface area contributed by atoms with Crippen molar-refractivity contribution in [3.63, 3.8) is 0 Å². The third kappa shape index (κ3) is 10.0. The van der Waals surface area contributed by atoms with Gasteiger partial charge in [0.1, 0.15) is 33.5 Å². The van der Waals surface area contributed by atoms with Crippen LogP contribution in [0.2, 0.25) is 0 Å². The van der Waals surface area contributed by atoms with Crippen LogP contribution < -0.4 is 0 Å². The van der Waals surface area contributed by atoms with E-state index < -0.39 is 0 Å². The zero-order valence-electron chi connectivity index (χ0n) is 62.2. The van der Waals surface area contributed by atoms with E-state index in [1.807, 2.05) is 36.4 Å². The normalized spacial score (nSPS) is 12.1. The van der Waals surface area contributed by atoms with Crippen molar-refractivity contribution in [3.05, 3.63) is 376 Å². The highest BCUT2D eigenvalue weighted by molar-refractivity contribution is 6.15. The second-order valence-electron chi connectivity index (χ2n) is 30.6. The lowest BCUT2D eigenvalue weighted by Crippen LogP contribution is -2.00. The molecule has 538 valence electrons. The van der Waals surface area contributed by atoms with Crippen molar-refractivity contribution < 1.29 is 13.3 Å². The summed E-state index contributed by atoms with van der Waals surface area (Å²) in [6, 6.07) is 135. The van der Waals surface area contributed by atoms with Gasteiger partial charge in [-0.05, 0) is 206 Å². The van der Waals surface area contributed by atoms with Gasteiger partial charge in [-0.3, -0.25) is 0 Å². The molecule has 7 aromatic heterocycles. The van der Waals surface area contributed by atoms with Gasteiger partial charge in [0.05, 0.1) is 33.1 Å². The molecule has 0 radical (unpaired) electrons. The largest absolute Gasteiger partial charge is 0.456 e. The van der Waals surface area contributed by atoms with Crippen molar-refractivity contribution in [2.45, 2.75) is 0 Å². The zero-order valence-corrected chi connectivity index (χ0v) is 62.2. The number of hydrogen-bond donors (Lipinski definition) is 0. The van der Waals surface area contributed by atoms with Crippen LogP contribution in [-0.2, 0) is 0 Å². The molecule has 7 heterocycles. The lowest BCUT2D eigenvalue weighted by atomic mass is 10.0. The Balaban J connectivity index is 0.575. The number of fused-ring (bicyclic) bond motifs is 20. The van der Waals surface area contributed by atoms with Gasteiger partial charge in [0.2, 0.25) is 0 Å². The zero-order chi connectivity index (χ0) is 75.8. The molecule has 9 heteroatoms. The molecule has 0 aliphatic rings. The number of para-hydroxylation sites is 6. The summed E-state index contributed by atoms with van der Waals surface area (Å²) >= 11 is 0. The fourth-order valence-corrected chi connectivity index (χ4v) is 18.4. The summed E-state index contributed by atoms with van der Waals surface area (Å²) in [5.74, 6) is 1.73. The number of rotatable bonds is 10. The quantitative estimate of drug-likeness (QED) is 0.135. The van der Waals surface area contributed by atoms with Crippen LogP contribution in [0.25, 0.3) is 249 Å². The highest BCUT2D eigenvalue weighted by Gasteiger charge is 2.22. The monoisotopic (exact) mass is 1480 g/mol. The van der Waals surface area contributed by atoms with Crippen LogP contribution in [0.5, 0.6) is 0 Å². The summed E-state index contributed by atoms with van der Waals surface area (Å²) in [6.07, 6.45) is 0. The van der Waals surface area contributed by atoms with Crippen molar-refractivity contribution in [2.24, 2.45) is 0 Å². The fraction of sp³-hybridized carbons (Fsp3) is 0. The highest BCUT2D eigenvalue weighted by atomic mass is 16.3. The van der Waals surface area contributed by atoms with Crippen LogP contribution >= 0.6 is 0 Å². The first-order valence-corrected chi connectivity index (χ1v) is 39.3. The minimum atomic E-state index is 0.576. The summed E-state index contributed by atoms with van der Waals surface area (Å²) in [4.78, 5) is 16.2. The molecule has 0 amide bonds. The van der Waals surface area contributed by atoms with Crippen LogP contribution in [-0.4, -0.2) is 28.7 Å². The molecule has 0 bridgehead atoms. The molecule has 25 aromatic rings. The van der Waals surface area contributed by atoms with Crippen molar-refractivity contribution in [2.75, 3.05) is 0 Å². The van der Waals surface area contributed by atoms with Gasteiger partial charge in [0.15, 0.2) is 17.5 Å². The molecular weight excluding hydrogens is 1420 g/mol. The van der Waals surface area contributed by atoms with Gasteiger partial charge in [-0.1, -0.05) is 237 Å². The predicted octanol–water partition coefficient (Wildman–Crippen LogP) is 28.8. The molecule has 0 saturated heterocycles. The van der Waals surface area contributed by atoms with Gasteiger partial charge in [0, 0.05) is 98.4 Å². The minimum absolute atomic E-state index is 0.576. The first-order chi connectivity index (χ1) is 57.4. The first kappa shape index (κ1) is 64.0. The third-order valence-electron chi connectivity index (χ3n) is 24.1. The summed E-state index contributed by atoms with van der Waals surface area (Å²) < 4.78 is 26.3. The Kier molecular flexibility index (Phi) is 13.7. The SMILES string of the molecule is c1ccc2c(c1)oc1cc(-c3ccc4c5ccccc5n(-c5ccc(-c6ccc(-c7nc(-c8ccc9cc(-n%10c%11ccccc%11c%11ccc(-c%12ccc%13c(c%12)oc%12ccccc%12%13)cc%11%10)ccc9c8)nc(-c8ccc9cc(-n%10c%11ccccc%11c%11ccc(-c%12ccc%13c(c%12)oc%12ccccc%12%13)cc%11%10)ccc9c8)n7)cc6)cc5)c4c3)ccc12. The van der Waals surface area contributed by atoms with Gasteiger partial charge in [-0.2, -0.15) is 0 Å². The fourth-order valence-electron chi connectivity index (χ4n) is 18.4. The van der Waals surface area contributed by atoms with E-state index >= 15 is 0 Å². The topological polar surface area (TPSA) is 92.9 Å². The molecule has 0 aliphatic carbocycles. The maximum absolute atomic E-state index is 6.39. The predicted molar refractivity (Wildman–Crippen MR) is 478 cm³/mol. The molecule has 0 spiro atoms. The summed E-state index contributed by atoms with van der Waals surface area (Å²) in [6.45, 7) is 0. The Bertz CT molecular complexity index is 8140. The molecule has 0 N–H and O–H groups in total. The van der Waals surface area contributed by atoms with Crippen LogP contribution in [0.3, 0.4) is 0 Å². The smallest absolute Gasteiger partial charge is 0.164 e. The average Bonchev–Trinajstić information content (AvgIpc) is 1.60. The minimum Gasteiger partial charge on any atom is -0.456 e. The standard InChI is InChI=1S/C107H62N6O3/c1-7-19-93-81(13-1)84-47-37-70(73-40-50-90-87-16-4-10-22-99(87)114-102(90)60-73)57-96(84)111(93)78-43-33-64(34-44-78)63-25-27-65(28-26-63)105-108-106(76-31-29-68-55-79(45-35-66(68)53-76)112-94-20-8-2-14-82(94)85-48-38-71(58-97(85)112)74-41-51-91-88-17-5-11-23-100(88)115-103(91)61-74)110-107(109-105)77-32-30-69-56-80(46-36-67(69)54-77)113-95-21-9-3-15-83(95)86-49-39-72(59-98(86)113)75-42-52-92-89-18-6-12-24-101(89)116-104(92)62-75/h1-62H. The Hall–Kier alpha value is -15.7. The molecule has 116 heavy (non-hydrogen) atoms. The Labute approximate surface area is 662 Å². The van der Waals surface area contributed by atoms with E-state index in [9.17, 15) is 0 Å². The van der Waals surface area contributed by atoms with Gasteiger partial charge < -0.3 is 27.0 Å². The molecule has 0 aliphatic heterocycles. The molecule has 0 unspecified atom stereocenters. The number of aromatic nitrogens is 6. The molecule has 0 fully saturated rings. The molecule has 9 nitrogen and oxygen atoms in total. The number of nitrogens with zero attached hydrogens (tertiary/aromatic N) is 6. The second kappa shape index (κ2) is 24.9. The van der Waals surface area contributed by atoms with E-state index in [0.29, 0.717) is 17.5 Å². The molecule has 0 atom stereocenters. The Morgan fingerprint density at radius 3 is 0.793 bits per heavy atom. The van der Waals surface area contributed by atoms with E-state index in [1.165, 1.54) is 32.3 Å². The molecule has 18 aromatic carbocycles. The first-order valence-electron chi connectivity index (χ1n) is 39.3. The van der Waals surface area contributed by atoms with Crippen molar-refractivity contribution in [1.29, 1.82) is 0 Å². The van der Waals surface area contributed by atoms with Crippen molar-refractivity contribution in [1.82, 2.24) is 28.7 Å². The molecular formula is C107H62N6O3. The van der Waals surface area contributed by atoms with Crippen molar-refractivity contribution in [3.8, 4) is 95.7 Å². The van der Waals surface area contributed by atoms with Gasteiger partial charge in [-0.15, -0.1) is 0 Å². The molecule has 25 rings (SSSR count). The summed E-state index contributed by atoms with van der Waals surface area (Å²) in [7, 11) is 0. The Morgan fingerprint density at radius 2 is 0.405 bits per heavy atom. The maximum Gasteiger partial charge on any atom is 0.164 e. The van der Waals surface area contributed by atoms with E-state index in [1.54, 1.807) is 0 Å². The second-order valence-corrected chi connectivity index (χ2v) is 30.6. The van der Waals surface area contributed by atoms with Gasteiger partial charge in [-0.25, -0.2) is 15.0 Å². The molecule has 0 saturated carbocycles. The highest BCUT2D eigenvalue weighted by Crippen LogP contribution is 2.44. The van der Waals surface area contributed by atoms with Gasteiger partial charge in [0.25, 0.3) is 0 Å². The average molecular weight is 1480 g/mol. The Morgan fingerprint density at radius 1 is 0.155 bits per heavy atom. The maximum atomic E-state index is 6.39. The summed E-state index contributed by atoms with van der Waals surface area (Å²) in [5, 5.41) is 18.2. The van der Waals surface area contributed by atoms with E-state index in [4.69, 9.17) is 28.2 Å². The third-order valence-corrected chi connectivity index (χ3v) is 24.1. The van der Waals surface area contributed by atoms with Crippen LogP contribution in [0.4, 0.5) is 0 Å². The number of hydrogen-bond acceptors (Lipinski definition) is 6. The lowest BCUT2D eigenvalue weighted by Gasteiger charge is -2.13. The van der Waals surface area contributed by atoms with Crippen LogP contribution in [0.1, 0.15) is 0 Å². The van der Waals surface area contributed by atoms with E-state index in [0.717, 1.165) is 199 Å². The lowest BCUT2D eigenvalue weighted by molar-refractivity contribution is 0.668. The number of furan rings is 3. The summed E-state index contributed by atoms with van der Waals surface area (Å²) in [5.41, 5.74) is 26.8.